The Balaban J connectivity index is 1.30. The van der Waals surface area contributed by atoms with Crippen molar-refractivity contribution < 1.29 is 18.8 Å². The standard InChI is InChI=1S/C22H24N4O4/c1-28-19-5-3-2-4-17(19)22-25-21(30-26-22)7-6-20(27)24-18-14-29-13-16(18)12-15-8-10-23-11-9-15/h2-5,8-11,16,18H,6-7,12-14H2,1H3,(H,24,27)/t16-,18-/m1/s1. The maximum Gasteiger partial charge on any atom is 0.227 e. The van der Waals surface area contributed by atoms with Crippen LogP contribution in [0.25, 0.3) is 11.4 Å². The predicted molar refractivity (Wildman–Crippen MR) is 109 cm³/mol. The highest BCUT2D eigenvalue weighted by Crippen LogP contribution is 2.27. The fourth-order valence-electron chi connectivity index (χ4n) is 3.58. The number of carbonyl (C=O) groups excluding carboxylic acids is 1. The van der Waals surface area contributed by atoms with Gasteiger partial charge in [0.1, 0.15) is 5.75 Å². The minimum atomic E-state index is -0.0535. The maximum absolute atomic E-state index is 12.5. The van der Waals surface area contributed by atoms with E-state index in [2.05, 4.69) is 20.4 Å². The summed E-state index contributed by atoms with van der Waals surface area (Å²) in [5.74, 6) is 1.73. The second-order valence-corrected chi connectivity index (χ2v) is 7.24. The molecule has 1 N–H and O–H groups in total. The number of aryl methyl sites for hydroxylation is 1. The molecule has 30 heavy (non-hydrogen) atoms. The summed E-state index contributed by atoms with van der Waals surface area (Å²) >= 11 is 0. The number of nitrogens with zero attached hydrogens (tertiary/aromatic N) is 3. The smallest absolute Gasteiger partial charge is 0.227 e. The topological polar surface area (TPSA) is 99.4 Å². The summed E-state index contributed by atoms with van der Waals surface area (Å²) < 4.78 is 16.2. The Hall–Kier alpha value is -3.26. The van der Waals surface area contributed by atoms with Crippen molar-refractivity contribution >= 4 is 5.91 Å². The van der Waals surface area contributed by atoms with Crippen molar-refractivity contribution in [2.24, 2.45) is 5.92 Å². The maximum atomic E-state index is 12.5. The molecule has 1 fully saturated rings. The largest absolute Gasteiger partial charge is 0.496 e. The van der Waals surface area contributed by atoms with Crippen LogP contribution >= 0.6 is 0 Å². The molecule has 8 nitrogen and oxygen atoms in total. The van der Waals surface area contributed by atoms with Crippen molar-refractivity contribution in [2.45, 2.75) is 25.3 Å². The van der Waals surface area contributed by atoms with Crippen molar-refractivity contribution in [1.82, 2.24) is 20.4 Å². The van der Waals surface area contributed by atoms with E-state index in [0.29, 0.717) is 37.1 Å². The highest BCUT2D eigenvalue weighted by molar-refractivity contribution is 5.76. The van der Waals surface area contributed by atoms with E-state index in [1.54, 1.807) is 19.5 Å². The van der Waals surface area contributed by atoms with E-state index in [-0.39, 0.29) is 24.3 Å². The lowest BCUT2D eigenvalue weighted by Crippen LogP contribution is -2.40. The molecule has 0 bridgehead atoms. The number of ether oxygens (including phenoxy) is 2. The molecule has 1 aliphatic rings. The molecule has 0 spiro atoms. The fourth-order valence-corrected chi connectivity index (χ4v) is 3.58. The van der Waals surface area contributed by atoms with Gasteiger partial charge in [0.25, 0.3) is 0 Å². The number of rotatable bonds is 8. The van der Waals surface area contributed by atoms with Gasteiger partial charge in [0.05, 0.1) is 31.9 Å². The number of nitrogens with one attached hydrogen (secondary N) is 1. The van der Waals surface area contributed by atoms with Crippen LogP contribution in [-0.2, 0) is 22.4 Å². The lowest BCUT2D eigenvalue weighted by Gasteiger charge is -2.19. The fraction of sp³-hybridized carbons (Fsp3) is 0.364. The highest BCUT2D eigenvalue weighted by atomic mass is 16.5. The molecule has 2 atom stereocenters. The number of hydrogen-bond acceptors (Lipinski definition) is 7. The zero-order valence-electron chi connectivity index (χ0n) is 16.8. The van der Waals surface area contributed by atoms with Crippen molar-refractivity contribution in [2.75, 3.05) is 20.3 Å². The summed E-state index contributed by atoms with van der Waals surface area (Å²) in [4.78, 5) is 20.9. The van der Waals surface area contributed by atoms with Crippen LogP contribution in [0.1, 0.15) is 17.9 Å². The predicted octanol–water partition coefficient (Wildman–Crippen LogP) is 2.45. The molecule has 0 aliphatic carbocycles. The third kappa shape index (κ3) is 4.83. The van der Waals surface area contributed by atoms with Gasteiger partial charge >= 0.3 is 0 Å². The molecule has 1 aromatic carbocycles. The molecule has 3 aromatic rings. The highest BCUT2D eigenvalue weighted by Gasteiger charge is 2.29. The van der Waals surface area contributed by atoms with E-state index in [9.17, 15) is 4.79 Å². The first-order valence-electron chi connectivity index (χ1n) is 9.95. The number of methoxy groups -OCH3 is 1. The second kappa shape index (κ2) is 9.49. The molecule has 0 unspecified atom stereocenters. The van der Waals surface area contributed by atoms with Crippen LogP contribution in [-0.4, -0.2) is 47.4 Å². The number of carbonyl (C=O) groups is 1. The lowest BCUT2D eigenvalue weighted by atomic mass is 9.95. The van der Waals surface area contributed by atoms with Gasteiger partial charge in [-0.1, -0.05) is 17.3 Å². The van der Waals surface area contributed by atoms with E-state index in [1.165, 1.54) is 5.56 Å². The Morgan fingerprint density at radius 2 is 2.03 bits per heavy atom. The van der Waals surface area contributed by atoms with Crippen LogP contribution in [0, 0.1) is 5.92 Å². The Bertz CT molecular complexity index is 976. The molecular weight excluding hydrogens is 384 g/mol. The molecule has 8 heteroatoms. The van der Waals surface area contributed by atoms with Crippen molar-refractivity contribution in [3.8, 4) is 17.1 Å². The monoisotopic (exact) mass is 408 g/mol. The third-order valence-electron chi connectivity index (χ3n) is 5.17. The van der Waals surface area contributed by atoms with E-state index in [1.807, 2.05) is 36.4 Å². The number of pyridine rings is 1. The summed E-state index contributed by atoms with van der Waals surface area (Å²) in [6.45, 7) is 1.17. The number of para-hydroxylation sites is 1. The molecule has 0 saturated carbocycles. The van der Waals surface area contributed by atoms with Crippen LogP contribution in [0.5, 0.6) is 5.75 Å². The molecule has 2 aromatic heterocycles. The number of amides is 1. The lowest BCUT2D eigenvalue weighted by molar-refractivity contribution is -0.122. The average molecular weight is 408 g/mol. The molecule has 1 saturated heterocycles. The normalized spacial score (nSPS) is 18.3. The summed E-state index contributed by atoms with van der Waals surface area (Å²) in [5, 5.41) is 7.10. The Morgan fingerprint density at radius 1 is 1.20 bits per heavy atom. The summed E-state index contributed by atoms with van der Waals surface area (Å²) in [6, 6.07) is 11.4. The van der Waals surface area contributed by atoms with Crippen molar-refractivity contribution in [1.29, 1.82) is 0 Å². The van der Waals surface area contributed by atoms with Crippen LogP contribution < -0.4 is 10.1 Å². The zero-order chi connectivity index (χ0) is 20.8. The first kappa shape index (κ1) is 20.0. The van der Waals surface area contributed by atoms with Gasteiger partial charge in [0.15, 0.2) is 0 Å². The van der Waals surface area contributed by atoms with E-state index < -0.39 is 0 Å². The minimum absolute atomic E-state index is 0.00232. The average Bonchev–Trinajstić information content (AvgIpc) is 3.43. The van der Waals surface area contributed by atoms with E-state index in [0.717, 1.165) is 12.0 Å². The Kier molecular flexibility index (Phi) is 6.34. The Morgan fingerprint density at radius 3 is 2.87 bits per heavy atom. The molecule has 156 valence electrons. The van der Waals surface area contributed by atoms with Gasteiger partial charge in [-0.25, -0.2) is 0 Å². The summed E-state index contributed by atoms with van der Waals surface area (Å²) in [7, 11) is 1.60. The van der Waals surface area contributed by atoms with Gasteiger partial charge in [-0.3, -0.25) is 9.78 Å². The number of benzene rings is 1. The van der Waals surface area contributed by atoms with Crippen LogP contribution in [0.3, 0.4) is 0 Å². The number of hydrogen-bond donors (Lipinski definition) is 1. The van der Waals surface area contributed by atoms with Gasteiger partial charge < -0.3 is 19.3 Å². The van der Waals surface area contributed by atoms with Gasteiger partial charge in [-0.15, -0.1) is 0 Å². The molecule has 1 amide bonds. The molecular formula is C22H24N4O4. The number of aromatic nitrogens is 3. The van der Waals surface area contributed by atoms with Gasteiger partial charge in [0.2, 0.25) is 17.6 Å². The van der Waals surface area contributed by atoms with Gasteiger partial charge in [0, 0.05) is 31.2 Å². The van der Waals surface area contributed by atoms with Gasteiger partial charge in [-0.2, -0.15) is 4.98 Å². The third-order valence-corrected chi connectivity index (χ3v) is 5.17. The van der Waals surface area contributed by atoms with E-state index >= 15 is 0 Å². The van der Waals surface area contributed by atoms with Crippen LogP contribution in [0.15, 0.2) is 53.3 Å². The molecule has 0 radical (unpaired) electrons. The van der Waals surface area contributed by atoms with E-state index in [4.69, 9.17) is 14.0 Å². The van der Waals surface area contributed by atoms with Crippen LogP contribution in [0.4, 0.5) is 0 Å². The quantitative estimate of drug-likeness (QED) is 0.611. The van der Waals surface area contributed by atoms with Crippen LogP contribution in [0.2, 0.25) is 0 Å². The molecule has 1 aliphatic heterocycles. The first-order chi connectivity index (χ1) is 14.7. The summed E-state index contributed by atoms with van der Waals surface area (Å²) in [6.07, 6.45) is 5.05. The SMILES string of the molecule is COc1ccccc1-c1noc(CCC(=O)N[C@@H]2COC[C@H]2Cc2ccncc2)n1. The molecule has 4 rings (SSSR count). The first-order valence-corrected chi connectivity index (χ1v) is 9.95. The van der Waals surface area contributed by atoms with Gasteiger partial charge in [-0.05, 0) is 36.2 Å². The second-order valence-electron chi connectivity index (χ2n) is 7.24. The van der Waals surface area contributed by atoms with Crippen molar-refractivity contribution in [3.05, 3.63) is 60.2 Å². The summed E-state index contributed by atoms with van der Waals surface area (Å²) in [5.41, 5.74) is 1.94. The zero-order valence-corrected chi connectivity index (χ0v) is 16.8. The Labute approximate surface area is 174 Å². The minimum Gasteiger partial charge on any atom is -0.496 e. The molecule has 3 heterocycles. The van der Waals surface area contributed by atoms with Crippen molar-refractivity contribution in [3.63, 3.8) is 0 Å².